The van der Waals surface area contributed by atoms with Crippen LogP contribution in [0.15, 0.2) is 72.8 Å². The molecule has 0 aromatic heterocycles. The van der Waals surface area contributed by atoms with Crippen molar-refractivity contribution in [3.05, 3.63) is 78.4 Å². The minimum atomic E-state index is -2.01. The van der Waals surface area contributed by atoms with E-state index in [0.29, 0.717) is 17.0 Å². The summed E-state index contributed by atoms with van der Waals surface area (Å²) in [6.07, 6.45) is -3.74. The molecule has 36 heavy (non-hydrogen) atoms. The first-order valence-corrected chi connectivity index (χ1v) is 10.8. The lowest BCUT2D eigenvalue weighted by Gasteiger charge is -2.19. The SMILES string of the molecule is COc1cccc(OC)c1C(=O)O[C@@H](C(=O)O)[C@H]1OB(c2ccccc2Oc2ccccc2)OC1=O. The first-order valence-electron chi connectivity index (χ1n) is 10.8. The Hall–Kier alpha value is -4.51. The number of rotatable bonds is 9. The van der Waals surface area contributed by atoms with Gasteiger partial charge in [-0.3, -0.25) is 4.79 Å². The van der Waals surface area contributed by atoms with Crippen LogP contribution in [0.25, 0.3) is 0 Å². The fourth-order valence-electron chi connectivity index (χ4n) is 3.57. The number of para-hydroxylation sites is 2. The Bertz CT molecular complexity index is 1240. The maximum atomic E-state index is 12.9. The topological polar surface area (TPSA) is 127 Å². The zero-order valence-corrected chi connectivity index (χ0v) is 19.3. The van der Waals surface area contributed by atoms with Crippen molar-refractivity contribution < 1.29 is 47.7 Å². The highest BCUT2D eigenvalue weighted by Crippen LogP contribution is 2.30. The van der Waals surface area contributed by atoms with Crippen LogP contribution in [-0.2, 0) is 23.6 Å². The maximum Gasteiger partial charge on any atom is 0.569 e. The van der Waals surface area contributed by atoms with Crippen LogP contribution >= 0.6 is 0 Å². The number of carbonyl (C=O) groups excluding carboxylic acids is 2. The van der Waals surface area contributed by atoms with Gasteiger partial charge in [-0.1, -0.05) is 42.5 Å². The lowest BCUT2D eigenvalue weighted by molar-refractivity contribution is -0.158. The number of benzene rings is 3. The molecule has 1 heterocycles. The molecule has 0 amide bonds. The molecule has 0 saturated carbocycles. The number of carboxylic acids is 1. The molecule has 0 aliphatic carbocycles. The number of esters is 1. The lowest BCUT2D eigenvalue weighted by atomic mass is 9.78. The van der Waals surface area contributed by atoms with E-state index in [0.717, 1.165) is 0 Å². The number of carboxylic acid groups (broad SMARTS) is 1. The molecule has 1 N–H and O–H groups in total. The van der Waals surface area contributed by atoms with Crippen molar-refractivity contribution in [2.45, 2.75) is 12.2 Å². The van der Waals surface area contributed by atoms with Crippen molar-refractivity contribution in [1.82, 2.24) is 0 Å². The van der Waals surface area contributed by atoms with E-state index in [2.05, 4.69) is 0 Å². The average Bonchev–Trinajstić information content (AvgIpc) is 3.28. The highest BCUT2D eigenvalue weighted by atomic mass is 16.7. The number of carbonyl (C=O) groups is 3. The van der Waals surface area contributed by atoms with Crippen molar-refractivity contribution in [1.29, 1.82) is 0 Å². The summed E-state index contributed by atoms with van der Waals surface area (Å²) in [5.74, 6) is -2.62. The molecule has 4 rings (SSSR count). The number of ether oxygens (including phenoxy) is 4. The predicted molar refractivity (Wildman–Crippen MR) is 126 cm³/mol. The Labute approximate surface area is 206 Å². The van der Waals surface area contributed by atoms with E-state index in [9.17, 15) is 19.5 Å². The van der Waals surface area contributed by atoms with Gasteiger partial charge in [0.2, 0.25) is 6.10 Å². The third-order valence-corrected chi connectivity index (χ3v) is 5.25. The van der Waals surface area contributed by atoms with E-state index in [1.54, 1.807) is 54.6 Å². The van der Waals surface area contributed by atoms with Gasteiger partial charge in [0.15, 0.2) is 6.10 Å². The second-order valence-corrected chi connectivity index (χ2v) is 7.48. The Morgan fingerprint density at radius 3 is 2.14 bits per heavy atom. The molecule has 0 spiro atoms. The first kappa shape index (κ1) is 24.6. The van der Waals surface area contributed by atoms with E-state index < -0.39 is 37.2 Å². The van der Waals surface area contributed by atoms with E-state index >= 15 is 0 Å². The van der Waals surface area contributed by atoms with Crippen LogP contribution in [-0.4, -0.2) is 56.6 Å². The van der Waals surface area contributed by atoms with Crippen LogP contribution in [0.2, 0.25) is 0 Å². The summed E-state index contributed by atoms with van der Waals surface area (Å²) in [6.45, 7) is 0. The molecular weight excluding hydrogens is 471 g/mol. The molecule has 184 valence electrons. The molecule has 11 heteroatoms. The summed E-state index contributed by atoms with van der Waals surface area (Å²) in [6, 6.07) is 20.1. The summed E-state index contributed by atoms with van der Waals surface area (Å²) >= 11 is 0. The second kappa shape index (κ2) is 10.8. The van der Waals surface area contributed by atoms with Gasteiger partial charge in [0.05, 0.1) is 14.2 Å². The third-order valence-electron chi connectivity index (χ3n) is 5.25. The van der Waals surface area contributed by atoms with Crippen molar-refractivity contribution in [2.24, 2.45) is 0 Å². The number of aliphatic carboxylic acids is 1. The fraction of sp³-hybridized carbons (Fsp3) is 0.160. The highest BCUT2D eigenvalue weighted by Gasteiger charge is 2.50. The fourth-order valence-corrected chi connectivity index (χ4v) is 3.57. The van der Waals surface area contributed by atoms with Gasteiger partial charge in [0.1, 0.15) is 28.6 Å². The van der Waals surface area contributed by atoms with Gasteiger partial charge in [-0.2, -0.15) is 0 Å². The Balaban J connectivity index is 1.57. The second-order valence-electron chi connectivity index (χ2n) is 7.48. The van der Waals surface area contributed by atoms with Crippen molar-refractivity contribution >= 4 is 30.5 Å². The van der Waals surface area contributed by atoms with Gasteiger partial charge in [-0.25, -0.2) is 9.59 Å². The van der Waals surface area contributed by atoms with E-state index in [1.165, 1.54) is 26.4 Å². The molecule has 1 aliphatic rings. The Morgan fingerprint density at radius 2 is 1.50 bits per heavy atom. The van der Waals surface area contributed by atoms with Gasteiger partial charge in [0.25, 0.3) is 0 Å². The van der Waals surface area contributed by atoms with Crippen LogP contribution in [0.3, 0.4) is 0 Å². The minimum Gasteiger partial charge on any atom is -0.504 e. The van der Waals surface area contributed by atoms with E-state index in [1.807, 2.05) is 6.07 Å². The largest absolute Gasteiger partial charge is 0.569 e. The van der Waals surface area contributed by atoms with Gasteiger partial charge in [-0.15, -0.1) is 0 Å². The number of hydrogen-bond donors (Lipinski definition) is 1. The van der Waals surface area contributed by atoms with E-state index in [-0.39, 0.29) is 17.1 Å². The molecule has 0 unspecified atom stereocenters. The van der Waals surface area contributed by atoms with Crippen molar-refractivity contribution in [3.8, 4) is 23.0 Å². The maximum absolute atomic E-state index is 12.9. The molecule has 3 aromatic carbocycles. The summed E-state index contributed by atoms with van der Waals surface area (Å²) in [7, 11) is 1.37. The zero-order valence-electron chi connectivity index (χ0n) is 19.3. The Morgan fingerprint density at radius 1 is 0.889 bits per heavy atom. The van der Waals surface area contributed by atoms with Crippen LogP contribution < -0.4 is 19.7 Å². The number of hydrogen-bond acceptors (Lipinski definition) is 9. The summed E-state index contributed by atoms with van der Waals surface area (Å²) < 4.78 is 32.3. The first-order chi connectivity index (χ1) is 17.4. The summed E-state index contributed by atoms with van der Waals surface area (Å²) in [4.78, 5) is 37.6. The summed E-state index contributed by atoms with van der Waals surface area (Å²) in [5, 5.41) is 9.75. The van der Waals surface area contributed by atoms with Crippen LogP contribution in [0.1, 0.15) is 10.4 Å². The molecule has 3 aromatic rings. The average molecular weight is 492 g/mol. The zero-order chi connectivity index (χ0) is 25.7. The van der Waals surface area contributed by atoms with Crippen LogP contribution in [0.4, 0.5) is 0 Å². The molecule has 10 nitrogen and oxygen atoms in total. The normalized spacial score (nSPS) is 15.6. The quantitative estimate of drug-likeness (QED) is 0.352. The molecular formula is C25H21BO10. The lowest BCUT2D eigenvalue weighted by Crippen LogP contribution is -2.43. The van der Waals surface area contributed by atoms with Crippen molar-refractivity contribution in [2.75, 3.05) is 14.2 Å². The van der Waals surface area contributed by atoms with Gasteiger partial charge in [-0.05, 0) is 30.3 Å². The van der Waals surface area contributed by atoms with Gasteiger partial charge >= 0.3 is 25.0 Å². The smallest absolute Gasteiger partial charge is 0.504 e. The molecule has 0 bridgehead atoms. The minimum absolute atomic E-state index is 0.100. The van der Waals surface area contributed by atoms with Gasteiger partial charge in [0, 0.05) is 5.46 Å². The molecule has 1 aliphatic heterocycles. The monoisotopic (exact) mass is 492 g/mol. The Kier molecular flexibility index (Phi) is 7.40. The van der Waals surface area contributed by atoms with Crippen LogP contribution in [0.5, 0.6) is 23.0 Å². The predicted octanol–water partition coefficient (Wildman–Crippen LogP) is 2.44. The van der Waals surface area contributed by atoms with E-state index in [4.69, 9.17) is 28.3 Å². The highest BCUT2D eigenvalue weighted by molar-refractivity contribution is 6.65. The molecule has 2 atom stereocenters. The third kappa shape index (κ3) is 5.10. The molecule has 1 saturated heterocycles. The van der Waals surface area contributed by atoms with Crippen molar-refractivity contribution in [3.63, 3.8) is 0 Å². The molecule has 0 radical (unpaired) electrons. The van der Waals surface area contributed by atoms with Crippen LogP contribution in [0, 0.1) is 0 Å². The van der Waals surface area contributed by atoms with Gasteiger partial charge < -0.3 is 33.4 Å². The number of methoxy groups -OCH3 is 2. The molecule has 1 fully saturated rings. The standard InChI is InChI=1S/C25H21BO10/c1-31-18-13-8-14-19(32-2)20(18)24(29)34-21(23(27)28)22-25(30)36-26(35-22)16-11-6-7-12-17(16)33-15-9-4-3-5-10-15/h3-14,21-22H,1-2H3,(H,27,28)/t21-,22-/m1/s1. The summed E-state index contributed by atoms with van der Waals surface area (Å²) in [5.41, 5.74) is 0.206.